The van der Waals surface area contributed by atoms with Crippen LogP contribution in [0.2, 0.25) is 5.02 Å². The Morgan fingerprint density at radius 1 is 1.24 bits per heavy atom. The van der Waals surface area contributed by atoms with Crippen LogP contribution in [0, 0.1) is 10.6 Å². The van der Waals surface area contributed by atoms with Gasteiger partial charge in [-0.3, -0.25) is 0 Å². The molecule has 2 N–H and O–H groups in total. The number of nitrogens with one attached hydrogen (secondary N) is 2. The molecule has 0 aliphatic heterocycles. The monoisotopic (exact) mass is 430 g/mol. The second-order valence-electron chi connectivity index (χ2n) is 6.12. The first-order valence-electron chi connectivity index (χ1n) is 8.65. The Bertz CT molecular complexity index is 1220. The lowest BCUT2D eigenvalue weighted by Crippen LogP contribution is -2.15. The lowest BCUT2D eigenvalue weighted by Gasteiger charge is -2.11. The molecule has 0 fully saturated rings. The molecule has 4 rings (SSSR count). The van der Waals surface area contributed by atoms with E-state index in [1.54, 1.807) is 23.9 Å². The Balaban J connectivity index is 1.56. The number of rotatable bonds is 6. The van der Waals surface area contributed by atoms with Gasteiger partial charge in [0.05, 0.1) is 24.2 Å². The topological polar surface area (TPSA) is 68.0 Å². The summed E-state index contributed by atoms with van der Waals surface area (Å²) in [5.41, 5.74) is 4.68. The van der Waals surface area contributed by atoms with Gasteiger partial charge < -0.3 is 14.6 Å². The predicted molar refractivity (Wildman–Crippen MR) is 112 cm³/mol. The van der Waals surface area contributed by atoms with Crippen molar-refractivity contribution in [3.05, 3.63) is 76.0 Å². The summed E-state index contributed by atoms with van der Waals surface area (Å²) in [6, 6.07) is 15.6. The van der Waals surface area contributed by atoms with E-state index >= 15 is 0 Å². The van der Waals surface area contributed by atoms with E-state index in [1.165, 1.54) is 12.1 Å². The molecule has 0 aliphatic carbocycles. The normalized spacial score (nSPS) is 10.9. The van der Waals surface area contributed by atoms with Crippen LogP contribution in [-0.2, 0) is 6.54 Å². The molecule has 0 radical (unpaired) electrons. The lowest BCUT2D eigenvalue weighted by molar-refractivity contribution is 0.416. The van der Waals surface area contributed by atoms with Crippen LogP contribution >= 0.6 is 23.8 Å². The van der Waals surface area contributed by atoms with Crippen molar-refractivity contribution < 1.29 is 13.5 Å². The maximum atomic E-state index is 13.4. The fourth-order valence-corrected chi connectivity index (χ4v) is 3.27. The Labute approximate surface area is 175 Å². The van der Waals surface area contributed by atoms with Gasteiger partial charge in [0.15, 0.2) is 5.82 Å². The van der Waals surface area contributed by atoms with Crippen molar-refractivity contribution in [3.8, 4) is 28.5 Å². The number of para-hydroxylation sites is 1. The number of hydrogen-bond donors (Lipinski definition) is 2. The van der Waals surface area contributed by atoms with Gasteiger partial charge in [-0.25, -0.2) is 14.2 Å². The highest BCUT2D eigenvalue weighted by atomic mass is 35.5. The number of furan rings is 1. The van der Waals surface area contributed by atoms with Gasteiger partial charge in [-0.2, -0.15) is 5.10 Å². The summed E-state index contributed by atoms with van der Waals surface area (Å²) in [7, 11) is 1.60. The summed E-state index contributed by atoms with van der Waals surface area (Å²) in [6.45, 7) is 0.352. The second kappa shape index (κ2) is 8.10. The smallest absolute Gasteiger partial charge is 0.214 e. The highest BCUT2D eigenvalue weighted by Crippen LogP contribution is 2.28. The van der Waals surface area contributed by atoms with Crippen molar-refractivity contribution in [1.82, 2.24) is 14.9 Å². The summed E-state index contributed by atoms with van der Waals surface area (Å²) in [5, 5.41) is 7.13. The highest BCUT2D eigenvalue weighted by molar-refractivity contribution is 7.71. The quantitative estimate of drug-likeness (QED) is 0.400. The molecule has 0 unspecified atom stereocenters. The number of hydrogen-bond acceptors (Lipinski definition) is 5. The standard InChI is InChI=1S/C20H16ClFN4O2S/c1-27-18-5-3-2-4-14(18)19-24-25-20(29)26(19)23-11-13-7-9-17(28-13)12-6-8-16(22)15(21)10-12/h2-10,23H,11H2,1H3,(H,25,29). The van der Waals surface area contributed by atoms with E-state index in [0.717, 1.165) is 5.56 Å². The molecule has 6 nitrogen and oxygen atoms in total. The van der Waals surface area contributed by atoms with E-state index < -0.39 is 5.82 Å². The van der Waals surface area contributed by atoms with Gasteiger partial charge in [-0.15, -0.1) is 0 Å². The molecule has 0 bridgehead atoms. The molecule has 2 aromatic carbocycles. The fraction of sp³-hybridized carbons (Fsp3) is 0.100. The minimum atomic E-state index is -0.470. The first-order chi connectivity index (χ1) is 14.1. The Morgan fingerprint density at radius 2 is 2.07 bits per heavy atom. The van der Waals surface area contributed by atoms with Gasteiger partial charge in [0.2, 0.25) is 4.77 Å². The van der Waals surface area contributed by atoms with Crippen molar-refractivity contribution >= 4 is 23.8 Å². The van der Waals surface area contributed by atoms with E-state index in [0.29, 0.717) is 40.0 Å². The summed E-state index contributed by atoms with van der Waals surface area (Å²) in [5.74, 6) is 2.05. The third-order valence-corrected chi connectivity index (χ3v) is 4.86. The molecule has 0 atom stereocenters. The van der Waals surface area contributed by atoms with Crippen molar-refractivity contribution in [2.75, 3.05) is 12.5 Å². The van der Waals surface area contributed by atoms with Crippen LogP contribution in [0.1, 0.15) is 5.76 Å². The molecule has 2 heterocycles. The number of H-pyrrole nitrogens is 1. The second-order valence-corrected chi connectivity index (χ2v) is 6.91. The summed E-state index contributed by atoms with van der Waals surface area (Å²) >= 11 is 11.2. The maximum absolute atomic E-state index is 13.4. The SMILES string of the molecule is COc1ccccc1-c1n[nH]c(=S)n1NCc1ccc(-c2ccc(F)c(Cl)c2)o1. The minimum absolute atomic E-state index is 0.0460. The van der Waals surface area contributed by atoms with Crippen molar-refractivity contribution in [1.29, 1.82) is 0 Å². The van der Waals surface area contributed by atoms with E-state index in [4.69, 9.17) is 33.0 Å². The lowest BCUT2D eigenvalue weighted by atomic mass is 10.2. The molecular formula is C20H16ClFN4O2S. The van der Waals surface area contributed by atoms with Crippen molar-refractivity contribution in [2.45, 2.75) is 6.54 Å². The zero-order chi connectivity index (χ0) is 20.4. The van der Waals surface area contributed by atoms with E-state index in [9.17, 15) is 4.39 Å². The number of benzene rings is 2. The third-order valence-electron chi connectivity index (χ3n) is 4.30. The predicted octanol–water partition coefficient (Wildman–Crippen LogP) is 5.41. The average molecular weight is 431 g/mol. The van der Waals surface area contributed by atoms with Crippen LogP contribution < -0.4 is 10.2 Å². The molecule has 148 valence electrons. The summed E-state index contributed by atoms with van der Waals surface area (Å²) in [4.78, 5) is 0. The molecular weight excluding hydrogens is 415 g/mol. The average Bonchev–Trinajstić information content (AvgIpc) is 3.35. The number of aromatic nitrogens is 3. The molecule has 4 aromatic rings. The largest absolute Gasteiger partial charge is 0.496 e. The van der Waals surface area contributed by atoms with Crippen LogP contribution in [0.3, 0.4) is 0 Å². The highest BCUT2D eigenvalue weighted by Gasteiger charge is 2.14. The van der Waals surface area contributed by atoms with Gasteiger partial charge in [0, 0.05) is 5.56 Å². The zero-order valence-corrected chi connectivity index (χ0v) is 16.9. The first kappa shape index (κ1) is 19.2. The van der Waals surface area contributed by atoms with Crippen molar-refractivity contribution in [2.24, 2.45) is 0 Å². The van der Waals surface area contributed by atoms with Gasteiger partial charge in [0.1, 0.15) is 23.1 Å². The van der Waals surface area contributed by atoms with Crippen LogP contribution in [0.15, 0.2) is 59.0 Å². The van der Waals surface area contributed by atoms with Gasteiger partial charge in [-0.05, 0) is 54.7 Å². The Hall–Kier alpha value is -3.10. The first-order valence-corrected chi connectivity index (χ1v) is 9.44. The number of ether oxygens (including phenoxy) is 1. The van der Waals surface area contributed by atoms with Crippen LogP contribution in [0.25, 0.3) is 22.7 Å². The molecule has 0 amide bonds. The maximum Gasteiger partial charge on any atom is 0.214 e. The number of methoxy groups -OCH3 is 1. The van der Waals surface area contributed by atoms with E-state index in [1.807, 2.05) is 30.3 Å². The summed E-state index contributed by atoms with van der Waals surface area (Å²) in [6.07, 6.45) is 0. The Morgan fingerprint density at radius 3 is 2.86 bits per heavy atom. The van der Waals surface area contributed by atoms with Gasteiger partial charge in [-0.1, -0.05) is 23.7 Å². The Kier molecular flexibility index (Phi) is 5.37. The number of halogens is 2. The van der Waals surface area contributed by atoms with Crippen LogP contribution in [0.5, 0.6) is 5.75 Å². The summed E-state index contributed by atoms with van der Waals surface area (Å²) < 4.78 is 26.7. The molecule has 0 aliphatic rings. The van der Waals surface area contributed by atoms with E-state index in [2.05, 4.69) is 15.6 Å². The molecule has 0 spiro atoms. The van der Waals surface area contributed by atoms with E-state index in [-0.39, 0.29) is 5.02 Å². The molecule has 0 saturated carbocycles. The van der Waals surface area contributed by atoms with Crippen molar-refractivity contribution in [3.63, 3.8) is 0 Å². The van der Waals surface area contributed by atoms with Crippen LogP contribution in [0.4, 0.5) is 4.39 Å². The third kappa shape index (κ3) is 3.90. The van der Waals surface area contributed by atoms with Gasteiger partial charge >= 0.3 is 0 Å². The molecule has 2 aromatic heterocycles. The zero-order valence-electron chi connectivity index (χ0n) is 15.3. The molecule has 9 heteroatoms. The number of aromatic amines is 1. The van der Waals surface area contributed by atoms with Crippen LogP contribution in [-0.4, -0.2) is 22.0 Å². The number of nitrogens with zero attached hydrogens (tertiary/aromatic N) is 2. The molecule has 29 heavy (non-hydrogen) atoms. The fourth-order valence-electron chi connectivity index (χ4n) is 2.89. The molecule has 0 saturated heterocycles. The minimum Gasteiger partial charge on any atom is -0.496 e. The van der Waals surface area contributed by atoms with Gasteiger partial charge in [0.25, 0.3) is 0 Å².